The number of benzene rings is 1. The Kier molecular flexibility index (Phi) is 2.31. The van der Waals surface area contributed by atoms with Gasteiger partial charge in [-0.1, -0.05) is 18.2 Å². The van der Waals surface area contributed by atoms with Gasteiger partial charge in [0, 0.05) is 29.1 Å². The number of aromatic amines is 1. The van der Waals surface area contributed by atoms with E-state index in [0.29, 0.717) is 6.54 Å². The number of hydrogen-bond donors (Lipinski definition) is 2. The molecule has 0 spiro atoms. The lowest BCUT2D eigenvalue weighted by Gasteiger charge is -2.59. The molecule has 4 nitrogen and oxygen atoms in total. The van der Waals surface area contributed by atoms with Crippen LogP contribution in [0.3, 0.4) is 0 Å². The maximum Gasteiger partial charge on any atom is 0.0594 e. The van der Waals surface area contributed by atoms with Gasteiger partial charge in [-0.3, -0.25) is 0 Å². The summed E-state index contributed by atoms with van der Waals surface area (Å²) in [4.78, 5) is 3.37. The van der Waals surface area contributed by atoms with Gasteiger partial charge in [-0.25, -0.2) is 0 Å². The summed E-state index contributed by atoms with van der Waals surface area (Å²) in [6.07, 6.45) is 2.13. The zero-order chi connectivity index (χ0) is 12.9. The van der Waals surface area contributed by atoms with E-state index < -0.39 is 0 Å². The molecule has 0 atom stereocenters. The first-order valence-corrected chi connectivity index (χ1v) is 6.74. The molecule has 1 aromatic carbocycles. The minimum atomic E-state index is 0.0135. The summed E-state index contributed by atoms with van der Waals surface area (Å²) in [5.74, 6) is 0. The number of nitrogens with two attached hydrogens (primary N) is 1. The highest BCUT2D eigenvalue weighted by molar-refractivity contribution is 5.84. The van der Waals surface area contributed by atoms with Crippen LogP contribution >= 0.6 is 0 Å². The Morgan fingerprint density at radius 2 is 1.84 bits per heavy atom. The molecule has 2 saturated heterocycles. The van der Waals surface area contributed by atoms with Gasteiger partial charge in [0.05, 0.1) is 31.8 Å². The first kappa shape index (κ1) is 11.5. The molecule has 4 heteroatoms. The third-order valence-corrected chi connectivity index (χ3v) is 4.96. The number of aromatic nitrogens is 1. The predicted molar refractivity (Wildman–Crippen MR) is 73.1 cm³/mol. The van der Waals surface area contributed by atoms with Gasteiger partial charge in [-0.15, -0.1) is 0 Å². The molecule has 3 heterocycles. The maximum atomic E-state index is 6.07. The Hall–Kier alpha value is -1.36. The molecule has 0 saturated carbocycles. The molecule has 4 rings (SSSR count). The molecule has 0 aliphatic carbocycles. The Labute approximate surface area is 111 Å². The van der Waals surface area contributed by atoms with Crippen molar-refractivity contribution < 1.29 is 9.47 Å². The summed E-state index contributed by atoms with van der Waals surface area (Å²) in [5.41, 5.74) is 8.63. The lowest BCUT2D eigenvalue weighted by Crippen LogP contribution is -2.69. The van der Waals surface area contributed by atoms with Crippen molar-refractivity contribution in [2.24, 2.45) is 11.1 Å². The van der Waals surface area contributed by atoms with Crippen LogP contribution in [0.5, 0.6) is 0 Å². The van der Waals surface area contributed by atoms with Crippen molar-refractivity contribution in [1.82, 2.24) is 4.98 Å². The van der Waals surface area contributed by atoms with E-state index >= 15 is 0 Å². The van der Waals surface area contributed by atoms with E-state index in [1.54, 1.807) is 0 Å². The topological polar surface area (TPSA) is 60.3 Å². The smallest absolute Gasteiger partial charge is 0.0594 e. The first-order valence-electron chi connectivity index (χ1n) is 6.74. The van der Waals surface area contributed by atoms with E-state index in [2.05, 4.69) is 35.4 Å². The molecule has 19 heavy (non-hydrogen) atoms. The fraction of sp³-hybridized carbons (Fsp3) is 0.467. The van der Waals surface area contributed by atoms with E-state index in [1.165, 1.54) is 16.5 Å². The van der Waals surface area contributed by atoms with E-state index in [-0.39, 0.29) is 10.8 Å². The van der Waals surface area contributed by atoms with Crippen LogP contribution in [0.25, 0.3) is 10.9 Å². The quantitative estimate of drug-likeness (QED) is 0.875. The lowest BCUT2D eigenvalue weighted by molar-refractivity contribution is -0.223. The molecule has 0 amide bonds. The molecule has 2 aliphatic heterocycles. The number of H-pyrrole nitrogens is 1. The van der Waals surface area contributed by atoms with Crippen molar-refractivity contribution in [3.05, 3.63) is 36.0 Å². The van der Waals surface area contributed by atoms with Gasteiger partial charge in [0.25, 0.3) is 0 Å². The highest BCUT2D eigenvalue weighted by Crippen LogP contribution is 2.52. The van der Waals surface area contributed by atoms with Crippen LogP contribution < -0.4 is 5.73 Å². The Morgan fingerprint density at radius 1 is 1.11 bits per heavy atom. The largest absolute Gasteiger partial charge is 0.380 e. The van der Waals surface area contributed by atoms with Crippen molar-refractivity contribution in [3.8, 4) is 0 Å². The molecule has 2 aromatic rings. The Balaban J connectivity index is 1.89. The van der Waals surface area contributed by atoms with E-state index in [1.807, 2.05) is 0 Å². The maximum absolute atomic E-state index is 6.07. The fourth-order valence-corrected chi connectivity index (χ4v) is 3.46. The number of ether oxygens (including phenoxy) is 2. The molecular formula is C15H18N2O2. The van der Waals surface area contributed by atoms with Crippen LogP contribution in [0, 0.1) is 5.41 Å². The van der Waals surface area contributed by atoms with Crippen molar-refractivity contribution in [2.45, 2.75) is 5.41 Å². The third kappa shape index (κ3) is 1.29. The molecule has 2 aliphatic rings. The van der Waals surface area contributed by atoms with E-state index in [0.717, 1.165) is 26.4 Å². The van der Waals surface area contributed by atoms with E-state index in [4.69, 9.17) is 15.2 Å². The zero-order valence-electron chi connectivity index (χ0n) is 10.8. The van der Waals surface area contributed by atoms with Crippen molar-refractivity contribution in [3.63, 3.8) is 0 Å². The lowest BCUT2D eigenvalue weighted by atomic mass is 9.57. The molecule has 0 radical (unpaired) electrons. The molecule has 2 fully saturated rings. The summed E-state index contributed by atoms with van der Waals surface area (Å²) in [7, 11) is 0. The van der Waals surface area contributed by atoms with Gasteiger partial charge >= 0.3 is 0 Å². The monoisotopic (exact) mass is 258 g/mol. The first-order chi connectivity index (χ1) is 9.31. The van der Waals surface area contributed by atoms with E-state index in [9.17, 15) is 0 Å². The summed E-state index contributed by atoms with van der Waals surface area (Å²) in [6.45, 7) is 3.62. The number of para-hydroxylation sites is 1. The van der Waals surface area contributed by atoms with Crippen LogP contribution in [0.1, 0.15) is 5.56 Å². The average Bonchev–Trinajstić information content (AvgIpc) is 2.75. The van der Waals surface area contributed by atoms with Crippen molar-refractivity contribution in [1.29, 1.82) is 0 Å². The molecular weight excluding hydrogens is 240 g/mol. The summed E-state index contributed by atoms with van der Waals surface area (Å²) in [6, 6.07) is 8.42. The fourth-order valence-electron chi connectivity index (χ4n) is 3.46. The summed E-state index contributed by atoms with van der Waals surface area (Å²) in [5, 5.41) is 1.28. The highest BCUT2D eigenvalue weighted by atomic mass is 16.5. The van der Waals surface area contributed by atoms with Gasteiger partial charge in [0.2, 0.25) is 0 Å². The zero-order valence-corrected chi connectivity index (χ0v) is 10.8. The highest BCUT2D eigenvalue weighted by Gasteiger charge is 2.61. The molecule has 0 bridgehead atoms. The van der Waals surface area contributed by atoms with Gasteiger partial charge in [0.1, 0.15) is 0 Å². The third-order valence-electron chi connectivity index (χ3n) is 4.96. The van der Waals surface area contributed by atoms with Crippen molar-refractivity contribution in [2.75, 3.05) is 33.0 Å². The summed E-state index contributed by atoms with van der Waals surface area (Å²) < 4.78 is 11.0. The Morgan fingerprint density at radius 3 is 2.42 bits per heavy atom. The predicted octanol–water partition coefficient (Wildman–Crippen LogP) is 1.41. The van der Waals surface area contributed by atoms with Gasteiger partial charge in [-0.2, -0.15) is 0 Å². The molecule has 0 unspecified atom stereocenters. The molecule has 1 aromatic heterocycles. The number of hydrogen-bond acceptors (Lipinski definition) is 3. The number of nitrogens with one attached hydrogen (secondary N) is 1. The normalized spacial score (nSPS) is 23.8. The second kappa shape index (κ2) is 3.82. The van der Waals surface area contributed by atoms with Gasteiger partial charge in [-0.05, 0) is 11.6 Å². The van der Waals surface area contributed by atoms with Gasteiger partial charge < -0.3 is 20.2 Å². The molecule has 100 valence electrons. The van der Waals surface area contributed by atoms with Crippen LogP contribution in [0.2, 0.25) is 0 Å². The van der Waals surface area contributed by atoms with Crippen LogP contribution in [0.4, 0.5) is 0 Å². The van der Waals surface area contributed by atoms with Crippen LogP contribution in [-0.2, 0) is 14.9 Å². The number of rotatable bonds is 3. The van der Waals surface area contributed by atoms with Crippen LogP contribution in [0.15, 0.2) is 30.5 Å². The second-order valence-electron chi connectivity index (χ2n) is 5.80. The molecule has 3 N–H and O–H groups in total. The summed E-state index contributed by atoms with van der Waals surface area (Å²) >= 11 is 0. The minimum absolute atomic E-state index is 0.0135. The van der Waals surface area contributed by atoms with Crippen molar-refractivity contribution >= 4 is 10.9 Å². The standard InChI is InChI=1S/C15H18N2O2/c16-6-14(7-18-8-14)15(9-19-10-15)12-5-17-13-4-2-1-3-11(12)13/h1-5,17H,6-10,16H2. The average molecular weight is 258 g/mol. The minimum Gasteiger partial charge on any atom is -0.380 e. The van der Waals surface area contributed by atoms with Crippen LogP contribution in [-0.4, -0.2) is 38.0 Å². The SMILES string of the molecule is NCC1(C2(c3c[nH]c4ccccc34)COC2)COC1. The Bertz CT molecular complexity index is 606. The number of fused-ring (bicyclic) bond motifs is 1. The van der Waals surface area contributed by atoms with Gasteiger partial charge in [0.15, 0.2) is 0 Å². The second-order valence-corrected chi connectivity index (χ2v) is 5.80.